The van der Waals surface area contributed by atoms with Crippen LogP contribution in [0.1, 0.15) is 32.3 Å². The fraction of sp³-hybridized carbons (Fsp3) is 0.409. The van der Waals surface area contributed by atoms with Crippen molar-refractivity contribution < 1.29 is 21.6 Å². The molecule has 0 aromatic heterocycles. The number of benzene rings is 2. The Balaban J connectivity index is 1.56. The first-order valence-corrected chi connectivity index (χ1v) is 13.5. The highest BCUT2D eigenvalue weighted by Crippen LogP contribution is 2.24. The lowest BCUT2D eigenvalue weighted by atomic mass is 9.97. The smallest absolute Gasteiger partial charge is 0.243 e. The number of hydrogen-bond donors (Lipinski definition) is 2. The van der Waals surface area contributed by atoms with E-state index in [0.29, 0.717) is 18.4 Å². The predicted octanol–water partition coefficient (Wildman–Crippen LogP) is 2.09. The maximum Gasteiger partial charge on any atom is 0.243 e. The van der Waals surface area contributed by atoms with Gasteiger partial charge in [0, 0.05) is 31.6 Å². The summed E-state index contributed by atoms with van der Waals surface area (Å²) in [5.74, 6) is -0.443. The largest absolute Gasteiger partial charge is 0.352 e. The van der Waals surface area contributed by atoms with E-state index in [-0.39, 0.29) is 47.3 Å². The van der Waals surface area contributed by atoms with Gasteiger partial charge in [0.05, 0.1) is 9.79 Å². The average Bonchev–Trinajstić information content (AvgIpc) is 2.77. The summed E-state index contributed by atoms with van der Waals surface area (Å²) in [4.78, 5) is 13.0. The predicted molar refractivity (Wildman–Crippen MR) is 122 cm³/mol. The van der Waals surface area contributed by atoms with E-state index >= 15 is 0 Å². The van der Waals surface area contributed by atoms with Crippen molar-refractivity contribution in [3.05, 3.63) is 60.2 Å². The van der Waals surface area contributed by atoms with Crippen LogP contribution in [0.25, 0.3) is 0 Å². The molecule has 1 amide bonds. The lowest BCUT2D eigenvalue weighted by Gasteiger charge is -2.30. The molecule has 174 valence electrons. The number of carbonyl (C=O) groups excluding carboxylic acids is 1. The van der Waals surface area contributed by atoms with Crippen LogP contribution in [0, 0.1) is 5.92 Å². The maximum atomic E-state index is 12.7. The minimum absolute atomic E-state index is 0.150. The number of amides is 1. The minimum atomic E-state index is -3.61. The van der Waals surface area contributed by atoms with Gasteiger partial charge >= 0.3 is 0 Å². The first-order valence-electron chi connectivity index (χ1n) is 10.5. The molecule has 1 saturated heterocycles. The van der Waals surface area contributed by atoms with Gasteiger partial charge in [-0.3, -0.25) is 4.79 Å². The first kappa shape index (κ1) is 24.4. The summed E-state index contributed by atoms with van der Waals surface area (Å²) >= 11 is 0. The molecule has 2 aromatic carbocycles. The monoisotopic (exact) mass is 479 g/mol. The van der Waals surface area contributed by atoms with Gasteiger partial charge in [0.15, 0.2) is 0 Å². The first-order chi connectivity index (χ1) is 15.1. The zero-order valence-corrected chi connectivity index (χ0v) is 19.8. The Morgan fingerprint density at radius 3 is 2.22 bits per heavy atom. The number of nitrogens with one attached hydrogen (secondary N) is 2. The van der Waals surface area contributed by atoms with Crippen LogP contribution in [0.15, 0.2) is 64.4 Å². The molecule has 0 aliphatic carbocycles. The van der Waals surface area contributed by atoms with Gasteiger partial charge in [-0.25, -0.2) is 21.6 Å². The Labute approximate surface area is 190 Å². The average molecular weight is 480 g/mol. The topological polar surface area (TPSA) is 113 Å². The third-order valence-corrected chi connectivity index (χ3v) is 8.84. The Morgan fingerprint density at radius 1 is 0.969 bits per heavy atom. The molecule has 0 unspecified atom stereocenters. The molecular formula is C22H29N3O5S2. The van der Waals surface area contributed by atoms with Gasteiger partial charge in [0.25, 0.3) is 0 Å². The van der Waals surface area contributed by atoms with Gasteiger partial charge in [-0.2, -0.15) is 4.31 Å². The highest BCUT2D eigenvalue weighted by atomic mass is 32.2. The molecule has 1 heterocycles. The lowest BCUT2D eigenvalue weighted by Crippen LogP contribution is -2.42. The van der Waals surface area contributed by atoms with Crippen LogP contribution in [0.3, 0.4) is 0 Å². The van der Waals surface area contributed by atoms with Crippen LogP contribution in [-0.4, -0.2) is 46.2 Å². The fourth-order valence-corrected chi connectivity index (χ4v) is 6.45. The Morgan fingerprint density at radius 2 is 1.59 bits per heavy atom. The standard InChI is InChI=1S/C22H29N3O5S2/c1-17(2)24-31(27,28)21-10-6-7-18(15-21)16-23-22(26)19-11-13-25(14-12-19)32(29,30)20-8-4-3-5-9-20/h3-10,15,17,19,24H,11-14,16H2,1-2H3,(H,23,26). The molecule has 0 atom stereocenters. The third kappa shape index (κ3) is 5.94. The van der Waals surface area contributed by atoms with E-state index in [0.717, 1.165) is 0 Å². The molecule has 0 saturated carbocycles. The van der Waals surface area contributed by atoms with Crippen LogP contribution in [0.4, 0.5) is 0 Å². The fourth-order valence-electron chi connectivity index (χ4n) is 3.63. The molecular weight excluding hydrogens is 450 g/mol. The van der Waals surface area contributed by atoms with Gasteiger partial charge < -0.3 is 5.32 Å². The summed E-state index contributed by atoms with van der Waals surface area (Å²) in [5.41, 5.74) is 0.675. The number of sulfonamides is 2. The van der Waals surface area contributed by atoms with Crippen molar-refractivity contribution in [3.63, 3.8) is 0 Å². The van der Waals surface area contributed by atoms with Crippen molar-refractivity contribution in [2.45, 2.75) is 49.1 Å². The van der Waals surface area contributed by atoms with E-state index < -0.39 is 20.0 Å². The van der Waals surface area contributed by atoms with E-state index in [4.69, 9.17) is 0 Å². The van der Waals surface area contributed by atoms with E-state index in [1.807, 2.05) is 0 Å². The number of piperidine rings is 1. The van der Waals surface area contributed by atoms with E-state index in [1.165, 1.54) is 10.4 Å². The SMILES string of the molecule is CC(C)NS(=O)(=O)c1cccc(CNC(=O)C2CCN(S(=O)(=O)c3ccccc3)CC2)c1. The highest BCUT2D eigenvalue weighted by molar-refractivity contribution is 7.89. The van der Waals surface area contributed by atoms with Crippen LogP contribution >= 0.6 is 0 Å². The number of hydrogen-bond acceptors (Lipinski definition) is 5. The van der Waals surface area contributed by atoms with Crippen LogP contribution < -0.4 is 10.0 Å². The number of carbonyl (C=O) groups is 1. The number of rotatable bonds is 8. The summed E-state index contributed by atoms with van der Waals surface area (Å²) in [6.07, 6.45) is 0.870. The third-order valence-electron chi connectivity index (χ3n) is 5.27. The van der Waals surface area contributed by atoms with Gasteiger partial charge in [-0.15, -0.1) is 0 Å². The molecule has 0 spiro atoms. The normalized spacial score (nSPS) is 16.2. The van der Waals surface area contributed by atoms with Crippen molar-refractivity contribution in [2.75, 3.05) is 13.1 Å². The van der Waals surface area contributed by atoms with Gasteiger partial charge in [-0.05, 0) is 56.5 Å². The van der Waals surface area contributed by atoms with Crippen molar-refractivity contribution in [2.24, 2.45) is 5.92 Å². The molecule has 2 N–H and O–H groups in total. The van der Waals surface area contributed by atoms with Crippen molar-refractivity contribution in [1.82, 2.24) is 14.3 Å². The maximum absolute atomic E-state index is 12.7. The zero-order valence-electron chi connectivity index (χ0n) is 18.2. The highest BCUT2D eigenvalue weighted by Gasteiger charge is 2.31. The van der Waals surface area contributed by atoms with Crippen LogP contribution in [0.5, 0.6) is 0 Å². The van der Waals surface area contributed by atoms with E-state index in [2.05, 4.69) is 10.0 Å². The van der Waals surface area contributed by atoms with Crippen molar-refractivity contribution >= 4 is 26.0 Å². The van der Waals surface area contributed by atoms with Crippen LogP contribution in [0.2, 0.25) is 0 Å². The van der Waals surface area contributed by atoms with Crippen LogP contribution in [-0.2, 0) is 31.4 Å². The molecule has 1 fully saturated rings. The Bertz CT molecular complexity index is 1140. The van der Waals surface area contributed by atoms with Gasteiger partial charge in [0.2, 0.25) is 26.0 Å². The summed E-state index contributed by atoms with van der Waals surface area (Å²) in [7, 11) is -7.16. The summed E-state index contributed by atoms with van der Waals surface area (Å²) < 4.78 is 54.1. The van der Waals surface area contributed by atoms with Gasteiger partial charge in [0.1, 0.15) is 0 Å². The van der Waals surface area contributed by atoms with Crippen molar-refractivity contribution in [3.8, 4) is 0 Å². The van der Waals surface area contributed by atoms with Crippen molar-refractivity contribution in [1.29, 1.82) is 0 Å². The second kappa shape index (κ2) is 10.1. The second-order valence-corrected chi connectivity index (χ2v) is 11.8. The molecule has 32 heavy (non-hydrogen) atoms. The molecule has 8 nitrogen and oxygen atoms in total. The zero-order chi connectivity index (χ0) is 23.4. The van der Waals surface area contributed by atoms with E-state index in [9.17, 15) is 21.6 Å². The molecule has 1 aliphatic rings. The molecule has 10 heteroatoms. The summed E-state index contributed by atoms with van der Waals surface area (Å²) in [6, 6.07) is 14.5. The molecule has 0 bridgehead atoms. The molecule has 3 rings (SSSR count). The molecule has 1 aliphatic heterocycles. The quantitative estimate of drug-likeness (QED) is 0.602. The molecule has 0 radical (unpaired) electrons. The second-order valence-electron chi connectivity index (χ2n) is 8.13. The summed E-state index contributed by atoms with van der Waals surface area (Å²) in [5, 5.41) is 2.85. The summed E-state index contributed by atoms with van der Waals surface area (Å²) in [6.45, 7) is 4.26. The number of nitrogens with zero attached hydrogens (tertiary/aromatic N) is 1. The Hall–Kier alpha value is -2.27. The Kier molecular flexibility index (Phi) is 7.71. The lowest BCUT2D eigenvalue weighted by molar-refractivity contribution is -0.126. The molecule has 2 aromatic rings. The minimum Gasteiger partial charge on any atom is -0.352 e. The van der Waals surface area contributed by atoms with Gasteiger partial charge in [-0.1, -0.05) is 30.3 Å². The van der Waals surface area contributed by atoms with E-state index in [1.54, 1.807) is 62.4 Å².